The SMILES string of the molecule is N#Cc1ccc(C(N)C23CC4CC(CC(C4)C2)C3)cc1. The first-order chi connectivity index (χ1) is 9.68. The molecule has 0 aromatic heterocycles. The molecule has 1 aromatic carbocycles. The number of hydrogen-bond acceptors (Lipinski definition) is 2. The molecule has 2 heteroatoms. The first-order valence-corrected chi connectivity index (χ1v) is 7.94. The molecule has 4 aliphatic carbocycles. The van der Waals surface area contributed by atoms with E-state index in [-0.39, 0.29) is 6.04 Å². The number of rotatable bonds is 2. The highest BCUT2D eigenvalue weighted by Crippen LogP contribution is 2.63. The third kappa shape index (κ3) is 1.80. The molecule has 1 unspecified atom stereocenters. The second-order valence-corrected chi connectivity index (χ2v) is 7.49. The third-order valence-electron chi connectivity index (χ3n) is 6.14. The van der Waals surface area contributed by atoms with Crippen molar-refractivity contribution in [3.63, 3.8) is 0 Å². The van der Waals surface area contributed by atoms with E-state index in [1.165, 1.54) is 44.1 Å². The van der Waals surface area contributed by atoms with Gasteiger partial charge in [-0.1, -0.05) is 12.1 Å². The highest BCUT2D eigenvalue weighted by Gasteiger charge is 2.53. The van der Waals surface area contributed by atoms with Crippen LogP contribution < -0.4 is 5.73 Å². The lowest BCUT2D eigenvalue weighted by Crippen LogP contribution is -2.50. The zero-order valence-electron chi connectivity index (χ0n) is 11.9. The summed E-state index contributed by atoms with van der Waals surface area (Å²) in [7, 11) is 0. The lowest BCUT2D eigenvalue weighted by molar-refractivity contribution is -0.0677. The summed E-state index contributed by atoms with van der Waals surface area (Å²) in [5.41, 5.74) is 9.01. The van der Waals surface area contributed by atoms with Crippen LogP contribution >= 0.6 is 0 Å². The van der Waals surface area contributed by atoms with Crippen LogP contribution in [0.3, 0.4) is 0 Å². The summed E-state index contributed by atoms with van der Waals surface area (Å²) >= 11 is 0. The van der Waals surface area contributed by atoms with Gasteiger partial charge in [0.05, 0.1) is 11.6 Å². The van der Waals surface area contributed by atoms with Gasteiger partial charge in [0.1, 0.15) is 0 Å². The van der Waals surface area contributed by atoms with E-state index >= 15 is 0 Å². The number of nitriles is 1. The molecule has 1 atom stereocenters. The van der Waals surface area contributed by atoms with Gasteiger partial charge in [0.25, 0.3) is 0 Å². The van der Waals surface area contributed by atoms with Crippen molar-refractivity contribution < 1.29 is 0 Å². The Kier molecular flexibility index (Phi) is 2.69. The molecule has 104 valence electrons. The molecule has 20 heavy (non-hydrogen) atoms. The second kappa shape index (κ2) is 4.33. The Morgan fingerprint density at radius 2 is 1.50 bits per heavy atom. The lowest BCUT2D eigenvalue weighted by Gasteiger charge is -2.59. The molecule has 1 aromatic rings. The van der Waals surface area contributed by atoms with Gasteiger partial charge in [-0.25, -0.2) is 0 Å². The average Bonchev–Trinajstić information content (AvgIpc) is 2.45. The van der Waals surface area contributed by atoms with Crippen LogP contribution in [0.5, 0.6) is 0 Å². The Morgan fingerprint density at radius 3 is 1.95 bits per heavy atom. The average molecular weight is 266 g/mol. The van der Waals surface area contributed by atoms with Gasteiger partial charge < -0.3 is 5.73 Å². The van der Waals surface area contributed by atoms with E-state index < -0.39 is 0 Å². The van der Waals surface area contributed by atoms with Crippen LogP contribution in [-0.4, -0.2) is 0 Å². The van der Waals surface area contributed by atoms with Crippen molar-refractivity contribution in [3.05, 3.63) is 35.4 Å². The summed E-state index contributed by atoms with van der Waals surface area (Å²) in [6.07, 6.45) is 8.37. The van der Waals surface area contributed by atoms with E-state index in [9.17, 15) is 0 Å². The van der Waals surface area contributed by atoms with E-state index in [1.54, 1.807) is 0 Å². The van der Waals surface area contributed by atoms with E-state index in [0.29, 0.717) is 5.41 Å². The zero-order valence-corrected chi connectivity index (χ0v) is 11.9. The maximum atomic E-state index is 8.92. The van der Waals surface area contributed by atoms with Crippen LogP contribution in [0, 0.1) is 34.5 Å². The van der Waals surface area contributed by atoms with Crippen LogP contribution in [0.2, 0.25) is 0 Å². The van der Waals surface area contributed by atoms with Gasteiger partial charge in [-0.2, -0.15) is 5.26 Å². The van der Waals surface area contributed by atoms with Crippen molar-refractivity contribution in [2.45, 2.75) is 44.6 Å². The molecule has 2 N–H and O–H groups in total. The van der Waals surface area contributed by atoms with Crippen LogP contribution in [0.1, 0.15) is 55.7 Å². The number of hydrogen-bond donors (Lipinski definition) is 1. The standard InChI is InChI=1S/C18H22N2/c19-11-12-1-3-16(4-2-12)17(20)18-8-13-5-14(9-18)7-15(6-13)10-18/h1-4,13-15,17H,5-10,20H2. The fourth-order valence-corrected chi connectivity index (χ4v) is 5.68. The summed E-state index contributed by atoms with van der Waals surface area (Å²) in [4.78, 5) is 0. The molecule has 5 rings (SSSR count). The second-order valence-electron chi connectivity index (χ2n) is 7.49. The van der Waals surface area contributed by atoms with Gasteiger partial charge in [-0.05, 0) is 79.4 Å². The highest BCUT2D eigenvalue weighted by atomic mass is 14.7. The molecule has 4 saturated carbocycles. The predicted octanol–water partition coefficient (Wildman–Crippen LogP) is 3.77. The molecule has 0 aliphatic heterocycles. The normalized spacial score (nSPS) is 39.5. The molecular formula is C18H22N2. The Hall–Kier alpha value is -1.33. The Bertz CT molecular complexity index is 516. The molecule has 0 spiro atoms. The van der Waals surface area contributed by atoms with E-state index in [0.717, 1.165) is 23.3 Å². The van der Waals surface area contributed by atoms with Crippen LogP contribution in [-0.2, 0) is 0 Å². The molecule has 2 nitrogen and oxygen atoms in total. The molecular weight excluding hydrogens is 244 g/mol. The predicted molar refractivity (Wildman–Crippen MR) is 78.7 cm³/mol. The molecule has 4 fully saturated rings. The van der Waals surface area contributed by atoms with Crippen LogP contribution in [0.15, 0.2) is 24.3 Å². The smallest absolute Gasteiger partial charge is 0.0991 e. The molecule has 0 saturated heterocycles. The summed E-state index contributed by atoms with van der Waals surface area (Å²) in [6.45, 7) is 0. The van der Waals surface area contributed by atoms with Crippen LogP contribution in [0.25, 0.3) is 0 Å². The fraction of sp³-hybridized carbons (Fsp3) is 0.611. The summed E-state index contributed by atoms with van der Waals surface area (Å²) in [6, 6.07) is 10.3. The quantitative estimate of drug-likeness (QED) is 0.885. The maximum absolute atomic E-state index is 8.92. The minimum absolute atomic E-state index is 0.156. The monoisotopic (exact) mass is 266 g/mol. The minimum Gasteiger partial charge on any atom is -0.323 e. The largest absolute Gasteiger partial charge is 0.323 e. The minimum atomic E-state index is 0.156. The van der Waals surface area contributed by atoms with E-state index in [1.807, 2.05) is 12.1 Å². The van der Waals surface area contributed by atoms with Crippen LogP contribution in [0.4, 0.5) is 0 Å². The fourth-order valence-electron chi connectivity index (χ4n) is 5.68. The molecule has 0 heterocycles. The molecule has 0 radical (unpaired) electrons. The van der Waals surface area contributed by atoms with Gasteiger partial charge >= 0.3 is 0 Å². The molecule has 0 amide bonds. The lowest BCUT2D eigenvalue weighted by atomic mass is 9.47. The number of nitrogens with zero attached hydrogens (tertiary/aromatic N) is 1. The Balaban J connectivity index is 1.64. The maximum Gasteiger partial charge on any atom is 0.0991 e. The summed E-state index contributed by atoms with van der Waals surface area (Å²) in [5.74, 6) is 2.81. The first kappa shape index (κ1) is 12.4. The van der Waals surface area contributed by atoms with Gasteiger partial charge in [-0.3, -0.25) is 0 Å². The Morgan fingerprint density at radius 1 is 1.00 bits per heavy atom. The first-order valence-electron chi connectivity index (χ1n) is 7.94. The van der Waals surface area contributed by atoms with Crippen molar-refractivity contribution >= 4 is 0 Å². The van der Waals surface area contributed by atoms with Gasteiger partial charge in [0, 0.05) is 6.04 Å². The third-order valence-corrected chi connectivity index (χ3v) is 6.14. The van der Waals surface area contributed by atoms with Gasteiger partial charge in [-0.15, -0.1) is 0 Å². The summed E-state index contributed by atoms with van der Waals surface area (Å²) in [5, 5.41) is 8.92. The van der Waals surface area contributed by atoms with E-state index in [2.05, 4.69) is 18.2 Å². The van der Waals surface area contributed by atoms with Crippen molar-refractivity contribution in [3.8, 4) is 6.07 Å². The number of nitrogens with two attached hydrogens (primary N) is 1. The molecule has 4 bridgehead atoms. The van der Waals surface area contributed by atoms with E-state index in [4.69, 9.17) is 11.0 Å². The van der Waals surface area contributed by atoms with Crippen molar-refractivity contribution in [1.82, 2.24) is 0 Å². The summed E-state index contributed by atoms with van der Waals surface area (Å²) < 4.78 is 0. The topological polar surface area (TPSA) is 49.8 Å². The number of benzene rings is 1. The Labute approximate surface area is 121 Å². The van der Waals surface area contributed by atoms with Crippen molar-refractivity contribution in [2.24, 2.45) is 28.9 Å². The van der Waals surface area contributed by atoms with Gasteiger partial charge in [0.2, 0.25) is 0 Å². The van der Waals surface area contributed by atoms with Crippen molar-refractivity contribution in [2.75, 3.05) is 0 Å². The molecule has 4 aliphatic rings. The zero-order chi connectivity index (χ0) is 13.7. The highest BCUT2D eigenvalue weighted by molar-refractivity contribution is 5.34. The van der Waals surface area contributed by atoms with Crippen molar-refractivity contribution in [1.29, 1.82) is 5.26 Å². The van der Waals surface area contributed by atoms with Gasteiger partial charge in [0.15, 0.2) is 0 Å².